The molecule has 0 bridgehead atoms. The van der Waals surface area contributed by atoms with Crippen LogP contribution in [0, 0.1) is 11.3 Å². The molecular weight excluding hydrogens is 308 g/mol. The van der Waals surface area contributed by atoms with E-state index in [2.05, 4.69) is 0 Å². The van der Waals surface area contributed by atoms with Crippen LogP contribution in [0.25, 0.3) is 11.1 Å². The van der Waals surface area contributed by atoms with Crippen LogP contribution in [0.4, 0.5) is 26.3 Å². The van der Waals surface area contributed by atoms with Gasteiger partial charge in [-0.1, -0.05) is 18.2 Å². The maximum atomic E-state index is 13.0. The fraction of sp³-hybridized carbons (Fsp3) is 0.133. The zero-order valence-electron chi connectivity index (χ0n) is 10.8. The van der Waals surface area contributed by atoms with Crippen LogP contribution in [0.1, 0.15) is 16.7 Å². The Morgan fingerprint density at radius 1 is 0.818 bits per heavy atom. The SMILES string of the molecule is N#Cc1cc(-c2ccccc2C(F)(F)F)cc(C(F)(F)F)c1. The van der Waals surface area contributed by atoms with Crippen LogP contribution in [0.3, 0.4) is 0 Å². The lowest BCUT2D eigenvalue weighted by molar-refractivity contribution is -0.137. The third-order valence-electron chi connectivity index (χ3n) is 2.93. The first-order valence-corrected chi connectivity index (χ1v) is 5.92. The lowest BCUT2D eigenvalue weighted by atomic mass is 9.96. The van der Waals surface area contributed by atoms with E-state index in [1.807, 2.05) is 0 Å². The Kier molecular flexibility index (Phi) is 3.88. The molecule has 22 heavy (non-hydrogen) atoms. The van der Waals surface area contributed by atoms with E-state index in [0.29, 0.717) is 12.1 Å². The van der Waals surface area contributed by atoms with Crippen molar-refractivity contribution in [1.82, 2.24) is 0 Å². The highest BCUT2D eigenvalue weighted by Gasteiger charge is 2.35. The van der Waals surface area contributed by atoms with Gasteiger partial charge in [0.25, 0.3) is 0 Å². The summed E-state index contributed by atoms with van der Waals surface area (Å²) in [7, 11) is 0. The van der Waals surface area contributed by atoms with Crippen molar-refractivity contribution < 1.29 is 26.3 Å². The minimum absolute atomic E-state index is 0.306. The molecule has 0 aliphatic heterocycles. The maximum absolute atomic E-state index is 13.0. The van der Waals surface area contributed by atoms with Gasteiger partial charge in [-0.3, -0.25) is 0 Å². The standard InChI is InChI=1S/C15H7F6N/c16-14(17,18)11-6-9(8-22)5-10(7-11)12-3-1-2-4-13(12)15(19,20)21/h1-7H. The Balaban J connectivity index is 2.72. The smallest absolute Gasteiger partial charge is 0.192 e. The van der Waals surface area contributed by atoms with Crippen LogP contribution in [-0.4, -0.2) is 0 Å². The van der Waals surface area contributed by atoms with Crippen molar-refractivity contribution in [3.63, 3.8) is 0 Å². The summed E-state index contributed by atoms with van der Waals surface area (Å²) < 4.78 is 77.3. The van der Waals surface area contributed by atoms with E-state index in [4.69, 9.17) is 5.26 Å². The average molecular weight is 315 g/mol. The Morgan fingerprint density at radius 2 is 1.45 bits per heavy atom. The molecule has 0 saturated carbocycles. The van der Waals surface area contributed by atoms with Crippen molar-refractivity contribution in [3.05, 3.63) is 59.2 Å². The molecular formula is C15H7F6N. The molecule has 2 aromatic rings. The molecule has 1 nitrogen and oxygen atoms in total. The topological polar surface area (TPSA) is 23.8 Å². The number of nitrogens with zero attached hydrogens (tertiary/aromatic N) is 1. The number of benzene rings is 2. The summed E-state index contributed by atoms with van der Waals surface area (Å²) in [5.74, 6) is 0. The molecule has 7 heteroatoms. The van der Waals surface area contributed by atoms with Crippen LogP contribution >= 0.6 is 0 Å². The number of hydrogen-bond donors (Lipinski definition) is 0. The molecule has 0 spiro atoms. The van der Waals surface area contributed by atoms with Crippen molar-refractivity contribution in [2.75, 3.05) is 0 Å². The minimum Gasteiger partial charge on any atom is -0.192 e. The molecule has 0 amide bonds. The summed E-state index contributed by atoms with van der Waals surface area (Å²) in [6.07, 6.45) is -9.47. The van der Waals surface area contributed by atoms with Crippen molar-refractivity contribution >= 4 is 0 Å². The second-order valence-electron chi connectivity index (χ2n) is 4.45. The predicted octanol–water partition coefficient (Wildman–Crippen LogP) is 5.26. The molecule has 2 aromatic carbocycles. The van der Waals surface area contributed by atoms with E-state index in [1.165, 1.54) is 12.1 Å². The van der Waals surface area contributed by atoms with Crippen LogP contribution in [0.15, 0.2) is 42.5 Å². The molecule has 0 fully saturated rings. The largest absolute Gasteiger partial charge is 0.417 e. The van der Waals surface area contributed by atoms with Gasteiger partial charge in [-0.2, -0.15) is 31.6 Å². The van der Waals surface area contributed by atoms with E-state index < -0.39 is 29.0 Å². The van der Waals surface area contributed by atoms with Gasteiger partial charge in [-0.05, 0) is 35.4 Å². The molecule has 2 rings (SSSR count). The van der Waals surface area contributed by atoms with Crippen LogP contribution in [-0.2, 0) is 12.4 Å². The Bertz CT molecular complexity index is 737. The van der Waals surface area contributed by atoms with Gasteiger partial charge in [0.05, 0.1) is 22.8 Å². The molecule has 114 valence electrons. The van der Waals surface area contributed by atoms with E-state index in [-0.39, 0.29) is 11.1 Å². The molecule has 0 aliphatic rings. The Labute approximate surface area is 121 Å². The fourth-order valence-electron chi connectivity index (χ4n) is 1.99. The zero-order chi connectivity index (χ0) is 16.5. The van der Waals surface area contributed by atoms with Gasteiger partial charge in [-0.15, -0.1) is 0 Å². The Morgan fingerprint density at radius 3 is 2.00 bits per heavy atom. The summed E-state index contributed by atoms with van der Waals surface area (Å²) in [5, 5.41) is 8.79. The van der Waals surface area contributed by atoms with Crippen LogP contribution < -0.4 is 0 Å². The van der Waals surface area contributed by atoms with E-state index in [9.17, 15) is 26.3 Å². The summed E-state index contributed by atoms with van der Waals surface area (Å²) in [6, 6.07) is 8.01. The van der Waals surface area contributed by atoms with Crippen LogP contribution in [0.5, 0.6) is 0 Å². The number of hydrogen-bond acceptors (Lipinski definition) is 1. The fourth-order valence-corrected chi connectivity index (χ4v) is 1.99. The van der Waals surface area contributed by atoms with Gasteiger partial charge in [0.2, 0.25) is 0 Å². The number of nitriles is 1. The lowest BCUT2D eigenvalue weighted by Crippen LogP contribution is -2.08. The predicted molar refractivity (Wildman–Crippen MR) is 66.6 cm³/mol. The lowest BCUT2D eigenvalue weighted by Gasteiger charge is -2.15. The number of rotatable bonds is 1. The van der Waals surface area contributed by atoms with Gasteiger partial charge in [0.15, 0.2) is 0 Å². The summed E-state index contributed by atoms with van der Waals surface area (Å²) in [4.78, 5) is 0. The molecule has 0 radical (unpaired) electrons. The first-order chi connectivity index (χ1) is 10.1. The third kappa shape index (κ3) is 3.22. The molecule has 0 heterocycles. The first-order valence-electron chi connectivity index (χ1n) is 5.92. The van der Waals surface area contributed by atoms with Crippen LogP contribution in [0.2, 0.25) is 0 Å². The summed E-state index contributed by atoms with van der Waals surface area (Å²) >= 11 is 0. The molecule has 0 atom stereocenters. The van der Waals surface area contributed by atoms with Crippen molar-refractivity contribution in [3.8, 4) is 17.2 Å². The molecule has 0 aromatic heterocycles. The van der Waals surface area contributed by atoms with E-state index in [1.54, 1.807) is 0 Å². The third-order valence-corrected chi connectivity index (χ3v) is 2.93. The average Bonchev–Trinajstić information content (AvgIpc) is 2.45. The molecule has 0 N–H and O–H groups in total. The van der Waals surface area contributed by atoms with Crippen molar-refractivity contribution in [1.29, 1.82) is 5.26 Å². The van der Waals surface area contributed by atoms with Crippen molar-refractivity contribution in [2.45, 2.75) is 12.4 Å². The monoisotopic (exact) mass is 315 g/mol. The second-order valence-corrected chi connectivity index (χ2v) is 4.45. The highest BCUT2D eigenvalue weighted by atomic mass is 19.4. The molecule has 0 aliphatic carbocycles. The van der Waals surface area contributed by atoms with E-state index in [0.717, 1.165) is 24.3 Å². The van der Waals surface area contributed by atoms with Crippen molar-refractivity contribution in [2.24, 2.45) is 0 Å². The summed E-state index contributed by atoms with van der Waals surface area (Å²) in [5.41, 5.74) is -3.30. The number of halogens is 6. The highest BCUT2D eigenvalue weighted by molar-refractivity contribution is 5.70. The summed E-state index contributed by atoms with van der Waals surface area (Å²) in [6.45, 7) is 0. The molecule has 0 unspecified atom stereocenters. The Hall–Kier alpha value is -2.49. The second kappa shape index (κ2) is 5.37. The quantitative estimate of drug-likeness (QED) is 0.658. The maximum Gasteiger partial charge on any atom is 0.417 e. The normalized spacial score (nSPS) is 12.0. The zero-order valence-corrected chi connectivity index (χ0v) is 10.8. The van der Waals surface area contributed by atoms with Gasteiger partial charge in [0, 0.05) is 0 Å². The van der Waals surface area contributed by atoms with E-state index >= 15 is 0 Å². The van der Waals surface area contributed by atoms with Gasteiger partial charge >= 0.3 is 12.4 Å². The molecule has 0 saturated heterocycles. The highest BCUT2D eigenvalue weighted by Crippen LogP contribution is 2.39. The number of alkyl halides is 6. The minimum atomic E-state index is -4.76. The first kappa shape index (κ1) is 15.9. The van der Waals surface area contributed by atoms with Gasteiger partial charge in [0.1, 0.15) is 0 Å². The van der Waals surface area contributed by atoms with Gasteiger partial charge < -0.3 is 0 Å². The van der Waals surface area contributed by atoms with Gasteiger partial charge in [-0.25, -0.2) is 0 Å².